The molecule has 1 aromatic heterocycles. The highest BCUT2D eigenvalue weighted by molar-refractivity contribution is 9.10. The van der Waals surface area contributed by atoms with Crippen LogP contribution in [0.15, 0.2) is 51.8 Å². The summed E-state index contributed by atoms with van der Waals surface area (Å²) in [7, 11) is -2.18. The number of aromatic nitrogens is 1. The Morgan fingerprint density at radius 1 is 1.17 bits per heavy atom. The number of benzene rings is 2. The molecule has 3 rings (SSSR count). The second-order valence-corrected chi connectivity index (χ2v) is 8.11. The lowest BCUT2D eigenvalue weighted by Gasteiger charge is -2.12. The molecule has 0 fully saturated rings. The third-order valence-corrected chi connectivity index (χ3v) is 6.27. The SMILES string of the molecule is COc1cc2cc(CN)n(S(=O)(=O)c3ccc(C)cc3)c2cc1Br. The predicted molar refractivity (Wildman–Crippen MR) is 97.8 cm³/mol. The minimum atomic E-state index is -3.74. The number of fused-ring (bicyclic) bond motifs is 1. The van der Waals surface area contributed by atoms with Gasteiger partial charge in [0, 0.05) is 17.6 Å². The molecule has 2 aromatic carbocycles. The molecule has 3 aromatic rings. The minimum Gasteiger partial charge on any atom is -0.496 e. The van der Waals surface area contributed by atoms with Crippen molar-refractivity contribution in [3.63, 3.8) is 0 Å². The summed E-state index contributed by atoms with van der Waals surface area (Å²) in [6, 6.07) is 12.1. The quantitative estimate of drug-likeness (QED) is 0.717. The van der Waals surface area contributed by atoms with Crippen LogP contribution >= 0.6 is 15.9 Å². The van der Waals surface area contributed by atoms with Gasteiger partial charge in [-0.2, -0.15) is 0 Å². The molecule has 2 N–H and O–H groups in total. The summed E-state index contributed by atoms with van der Waals surface area (Å²) >= 11 is 3.41. The first kappa shape index (κ1) is 17.0. The second kappa shape index (κ2) is 6.23. The van der Waals surface area contributed by atoms with Crippen molar-refractivity contribution >= 4 is 36.9 Å². The molecule has 24 heavy (non-hydrogen) atoms. The van der Waals surface area contributed by atoms with Crippen LogP contribution in [0.2, 0.25) is 0 Å². The Kier molecular flexibility index (Phi) is 4.42. The molecule has 0 saturated heterocycles. The number of nitrogens with zero attached hydrogens (tertiary/aromatic N) is 1. The Bertz CT molecular complexity index is 1010. The largest absolute Gasteiger partial charge is 0.496 e. The van der Waals surface area contributed by atoms with Gasteiger partial charge in [0.05, 0.1) is 22.0 Å². The molecule has 0 bridgehead atoms. The van der Waals surface area contributed by atoms with Crippen LogP contribution in [0, 0.1) is 6.92 Å². The van der Waals surface area contributed by atoms with Crippen molar-refractivity contribution in [2.45, 2.75) is 18.4 Å². The number of hydrogen-bond donors (Lipinski definition) is 1. The fraction of sp³-hybridized carbons (Fsp3) is 0.176. The van der Waals surface area contributed by atoms with Gasteiger partial charge in [-0.3, -0.25) is 0 Å². The van der Waals surface area contributed by atoms with Crippen molar-refractivity contribution in [1.29, 1.82) is 0 Å². The van der Waals surface area contributed by atoms with E-state index in [2.05, 4.69) is 15.9 Å². The number of hydrogen-bond acceptors (Lipinski definition) is 4. The van der Waals surface area contributed by atoms with E-state index in [4.69, 9.17) is 10.5 Å². The molecule has 126 valence electrons. The standard InChI is InChI=1S/C17H17BrN2O3S/c1-11-3-5-14(6-4-11)24(21,22)20-13(10-19)7-12-8-17(23-2)15(18)9-16(12)20/h3-9H,10,19H2,1-2H3. The molecular formula is C17H17BrN2O3S. The van der Waals surface area contributed by atoms with E-state index in [1.807, 2.05) is 6.92 Å². The first-order valence-electron chi connectivity index (χ1n) is 7.28. The van der Waals surface area contributed by atoms with E-state index in [1.54, 1.807) is 49.6 Å². The minimum absolute atomic E-state index is 0.111. The fourth-order valence-electron chi connectivity index (χ4n) is 2.64. The molecule has 7 heteroatoms. The van der Waals surface area contributed by atoms with Gasteiger partial charge in [0.15, 0.2) is 0 Å². The van der Waals surface area contributed by atoms with Gasteiger partial charge < -0.3 is 10.5 Å². The van der Waals surface area contributed by atoms with Crippen molar-refractivity contribution in [2.24, 2.45) is 5.73 Å². The van der Waals surface area contributed by atoms with E-state index in [0.717, 1.165) is 10.9 Å². The van der Waals surface area contributed by atoms with E-state index in [-0.39, 0.29) is 11.4 Å². The highest BCUT2D eigenvalue weighted by Crippen LogP contribution is 2.34. The van der Waals surface area contributed by atoms with Crippen LogP contribution in [-0.2, 0) is 16.6 Å². The highest BCUT2D eigenvalue weighted by Gasteiger charge is 2.23. The average Bonchev–Trinajstić information content (AvgIpc) is 2.92. The summed E-state index contributed by atoms with van der Waals surface area (Å²) < 4.78 is 33.5. The van der Waals surface area contributed by atoms with Crippen LogP contribution in [0.25, 0.3) is 10.9 Å². The molecule has 5 nitrogen and oxygen atoms in total. The molecule has 0 aliphatic carbocycles. The molecule has 0 amide bonds. The van der Waals surface area contributed by atoms with Crippen LogP contribution in [0.5, 0.6) is 5.75 Å². The Balaban J connectivity index is 2.31. The number of aryl methyl sites for hydroxylation is 1. The first-order chi connectivity index (χ1) is 11.4. The van der Waals surface area contributed by atoms with Gasteiger partial charge in [-0.25, -0.2) is 12.4 Å². The summed E-state index contributed by atoms with van der Waals surface area (Å²) in [6.45, 7) is 2.02. The van der Waals surface area contributed by atoms with Crippen molar-refractivity contribution in [2.75, 3.05) is 7.11 Å². The molecular weight excluding hydrogens is 392 g/mol. The number of methoxy groups -OCH3 is 1. The zero-order chi connectivity index (χ0) is 17.5. The Morgan fingerprint density at radius 3 is 2.42 bits per heavy atom. The predicted octanol–water partition coefficient (Wildman–Crippen LogP) is 3.42. The molecule has 0 radical (unpaired) electrons. The van der Waals surface area contributed by atoms with Gasteiger partial charge >= 0.3 is 0 Å². The summed E-state index contributed by atoms with van der Waals surface area (Å²) in [5, 5.41) is 0.756. The summed E-state index contributed by atoms with van der Waals surface area (Å²) in [5.74, 6) is 0.635. The third-order valence-electron chi connectivity index (χ3n) is 3.87. The van der Waals surface area contributed by atoms with Gasteiger partial charge in [-0.1, -0.05) is 17.7 Å². The van der Waals surface area contributed by atoms with Crippen LogP contribution in [0.3, 0.4) is 0 Å². The second-order valence-electron chi connectivity index (χ2n) is 5.47. The Labute approximate surface area is 149 Å². The van der Waals surface area contributed by atoms with Crippen molar-refractivity contribution in [3.8, 4) is 5.75 Å². The lowest BCUT2D eigenvalue weighted by atomic mass is 10.2. The van der Waals surface area contributed by atoms with Crippen LogP contribution in [0.1, 0.15) is 11.3 Å². The monoisotopic (exact) mass is 408 g/mol. The topological polar surface area (TPSA) is 74.3 Å². The summed E-state index contributed by atoms with van der Waals surface area (Å²) in [5.41, 5.74) is 7.87. The van der Waals surface area contributed by atoms with Crippen molar-refractivity contribution < 1.29 is 13.2 Å². The number of ether oxygens (including phenoxy) is 1. The molecule has 1 heterocycles. The lowest BCUT2D eigenvalue weighted by molar-refractivity contribution is 0.413. The van der Waals surface area contributed by atoms with Crippen molar-refractivity contribution in [1.82, 2.24) is 3.97 Å². The lowest BCUT2D eigenvalue weighted by Crippen LogP contribution is -2.17. The number of rotatable bonds is 4. The number of halogens is 1. The molecule has 0 saturated carbocycles. The maximum atomic E-state index is 13.1. The fourth-order valence-corrected chi connectivity index (χ4v) is 4.68. The summed E-state index contributed by atoms with van der Waals surface area (Å²) in [4.78, 5) is 0.229. The van der Waals surface area contributed by atoms with Gasteiger partial charge in [-0.15, -0.1) is 0 Å². The van der Waals surface area contributed by atoms with Gasteiger partial charge in [-0.05, 0) is 53.2 Å². The molecule has 0 atom stereocenters. The first-order valence-corrected chi connectivity index (χ1v) is 9.52. The smallest absolute Gasteiger partial charge is 0.268 e. The average molecular weight is 409 g/mol. The molecule has 0 aliphatic heterocycles. The normalized spacial score (nSPS) is 11.8. The summed E-state index contributed by atoms with van der Waals surface area (Å²) in [6.07, 6.45) is 0. The molecule has 0 aliphatic rings. The zero-order valence-electron chi connectivity index (χ0n) is 13.3. The highest BCUT2D eigenvalue weighted by atomic mass is 79.9. The maximum Gasteiger partial charge on any atom is 0.268 e. The van der Waals surface area contributed by atoms with E-state index < -0.39 is 10.0 Å². The Hall–Kier alpha value is -1.83. The van der Waals surface area contributed by atoms with E-state index >= 15 is 0 Å². The van der Waals surface area contributed by atoms with E-state index in [9.17, 15) is 8.42 Å². The van der Waals surface area contributed by atoms with Crippen LogP contribution in [0.4, 0.5) is 0 Å². The van der Waals surface area contributed by atoms with Gasteiger partial charge in [0.2, 0.25) is 0 Å². The van der Waals surface area contributed by atoms with Crippen LogP contribution < -0.4 is 10.5 Å². The third kappa shape index (κ3) is 2.72. The number of nitrogens with two attached hydrogens (primary N) is 1. The molecule has 0 unspecified atom stereocenters. The van der Waals surface area contributed by atoms with Crippen molar-refractivity contribution in [3.05, 3.63) is 58.2 Å². The maximum absolute atomic E-state index is 13.1. The molecule has 0 spiro atoms. The van der Waals surface area contributed by atoms with Crippen LogP contribution in [-0.4, -0.2) is 19.5 Å². The Morgan fingerprint density at radius 2 is 1.83 bits per heavy atom. The van der Waals surface area contributed by atoms with E-state index in [1.165, 1.54) is 3.97 Å². The zero-order valence-corrected chi connectivity index (χ0v) is 15.7. The van der Waals surface area contributed by atoms with Gasteiger partial charge in [0.1, 0.15) is 5.75 Å². The van der Waals surface area contributed by atoms with E-state index in [0.29, 0.717) is 21.4 Å². The van der Waals surface area contributed by atoms with Gasteiger partial charge in [0.25, 0.3) is 10.0 Å².